The standard InChI is InChI=1S/C26H29N5O2/c1-19(32)31-16-13-20(18-31)17-29-26(33)23-10-11-24(21-7-3-2-4-8-21)30-25(23)28-15-12-22-9-5-6-14-27-22/h2-11,14,20H,12-13,15-18H2,1H3,(H,28,30)(H,29,33)/t20-/m0/s1. The van der Waals surface area contributed by atoms with E-state index in [9.17, 15) is 9.59 Å². The van der Waals surface area contributed by atoms with Crippen molar-refractivity contribution in [3.05, 3.63) is 78.1 Å². The minimum absolute atomic E-state index is 0.0870. The lowest BCUT2D eigenvalue weighted by Crippen LogP contribution is -2.32. The van der Waals surface area contributed by atoms with E-state index in [1.54, 1.807) is 13.1 Å². The van der Waals surface area contributed by atoms with Gasteiger partial charge in [-0.15, -0.1) is 0 Å². The van der Waals surface area contributed by atoms with Crippen LogP contribution in [0.1, 0.15) is 29.4 Å². The number of hydrogen-bond donors (Lipinski definition) is 2. The number of likely N-dealkylation sites (tertiary alicyclic amines) is 1. The number of rotatable bonds is 8. The van der Waals surface area contributed by atoms with Gasteiger partial charge in [-0.3, -0.25) is 14.6 Å². The molecule has 4 rings (SSSR count). The Kier molecular flexibility index (Phi) is 7.29. The lowest BCUT2D eigenvalue weighted by atomic mass is 10.1. The summed E-state index contributed by atoms with van der Waals surface area (Å²) in [6.07, 6.45) is 3.40. The van der Waals surface area contributed by atoms with Crippen LogP contribution in [-0.4, -0.2) is 52.9 Å². The van der Waals surface area contributed by atoms with Gasteiger partial charge in [-0.05, 0) is 36.6 Å². The molecule has 0 aliphatic carbocycles. The van der Waals surface area contributed by atoms with E-state index >= 15 is 0 Å². The van der Waals surface area contributed by atoms with E-state index in [4.69, 9.17) is 4.98 Å². The maximum atomic E-state index is 13.0. The lowest BCUT2D eigenvalue weighted by Gasteiger charge is -2.16. The van der Waals surface area contributed by atoms with Crippen LogP contribution >= 0.6 is 0 Å². The molecule has 0 saturated carbocycles. The smallest absolute Gasteiger partial charge is 0.255 e. The molecule has 1 aliphatic heterocycles. The molecule has 2 amide bonds. The van der Waals surface area contributed by atoms with Gasteiger partial charge in [0.2, 0.25) is 5.91 Å². The molecule has 3 heterocycles. The number of carbonyl (C=O) groups excluding carboxylic acids is 2. The predicted molar refractivity (Wildman–Crippen MR) is 129 cm³/mol. The van der Waals surface area contributed by atoms with Crippen molar-refractivity contribution in [3.8, 4) is 11.3 Å². The molecular formula is C26H29N5O2. The molecule has 1 atom stereocenters. The van der Waals surface area contributed by atoms with Crippen molar-refractivity contribution >= 4 is 17.6 Å². The Balaban J connectivity index is 1.46. The first-order valence-electron chi connectivity index (χ1n) is 11.3. The van der Waals surface area contributed by atoms with Crippen LogP contribution in [0.5, 0.6) is 0 Å². The number of pyridine rings is 2. The number of aromatic nitrogens is 2. The molecule has 170 valence electrons. The van der Waals surface area contributed by atoms with Crippen LogP contribution < -0.4 is 10.6 Å². The summed E-state index contributed by atoms with van der Waals surface area (Å²) in [5, 5.41) is 6.38. The van der Waals surface area contributed by atoms with Gasteiger partial charge < -0.3 is 15.5 Å². The zero-order chi connectivity index (χ0) is 23.0. The quantitative estimate of drug-likeness (QED) is 0.557. The van der Waals surface area contributed by atoms with Crippen molar-refractivity contribution in [2.75, 3.05) is 31.5 Å². The van der Waals surface area contributed by atoms with Gasteiger partial charge in [-0.2, -0.15) is 0 Å². The number of nitrogens with one attached hydrogen (secondary N) is 2. The summed E-state index contributed by atoms with van der Waals surface area (Å²) in [7, 11) is 0. The minimum atomic E-state index is -0.163. The molecule has 7 heteroatoms. The molecule has 1 aliphatic rings. The normalized spacial score (nSPS) is 15.3. The topological polar surface area (TPSA) is 87.2 Å². The average molecular weight is 444 g/mol. The number of anilines is 1. The fourth-order valence-electron chi connectivity index (χ4n) is 4.02. The third kappa shape index (κ3) is 5.94. The summed E-state index contributed by atoms with van der Waals surface area (Å²) in [6.45, 7) is 4.18. The highest BCUT2D eigenvalue weighted by atomic mass is 16.2. The SMILES string of the molecule is CC(=O)N1CC[C@@H](CNC(=O)c2ccc(-c3ccccc3)nc2NCCc2ccccn2)C1. The number of hydrogen-bond acceptors (Lipinski definition) is 5. The molecule has 0 radical (unpaired) electrons. The van der Waals surface area contributed by atoms with Crippen LogP contribution in [0.2, 0.25) is 0 Å². The Bertz CT molecular complexity index is 1090. The highest BCUT2D eigenvalue weighted by molar-refractivity contribution is 5.99. The van der Waals surface area contributed by atoms with Gasteiger partial charge >= 0.3 is 0 Å². The molecule has 1 fully saturated rings. The van der Waals surface area contributed by atoms with Crippen LogP contribution in [0.3, 0.4) is 0 Å². The summed E-state index contributed by atoms with van der Waals surface area (Å²) in [6, 6.07) is 19.4. The third-order valence-electron chi connectivity index (χ3n) is 5.89. The first-order valence-corrected chi connectivity index (χ1v) is 11.3. The molecule has 33 heavy (non-hydrogen) atoms. The predicted octanol–water partition coefficient (Wildman–Crippen LogP) is 3.40. The van der Waals surface area contributed by atoms with Crippen LogP contribution in [0.4, 0.5) is 5.82 Å². The first-order chi connectivity index (χ1) is 16.1. The third-order valence-corrected chi connectivity index (χ3v) is 5.89. The molecular weight excluding hydrogens is 414 g/mol. The van der Waals surface area contributed by atoms with E-state index in [0.717, 1.165) is 36.3 Å². The summed E-state index contributed by atoms with van der Waals surface area (Å²) >= 11 is 0. The Morgan fingerprint density at radius 1 is 1.06 bits per heavy atom. The Morgan fingerprint density at radius 3 is 2.61 bits per heavy atom. The molecule has 1 aromatic carbocycles. The summed E-state index contributed by atoms with van der Waals surface area (Å²) in [4.78, 5) is 35.6. The lowest BCUT2D eigenvalue weighted by molar-refractivity contribution is -0.127. The zero-order valence-corrected chi connectivity index (χ0v) is 18.8. The van der Waals surface area contributed by atoms with Gasteiger partial charge in [0, 0.05) is 57.0 Å². The summed E-state index contributed by atoms with van der Waals surface area (Å²) < 4.78 is 0. The zero-order valence-electron chi connectivity index (χ0n) is 18.8. The number of benzene rings is 1. The summed E-state index contributed by atoms with van der Waals surface area (Å²) in [5.74, 6) is 0.754. The van der Waals surface area contributed by atoms with Crippen molar-refractivity contribution in [1.29, 1.82) is 0 Å². The Labute approximate surface area is 194 Å². The minimum Gasteiger partial charge on any atom is -0.369 e. The number of nitrogens with zero attached hydrogens (tertiary/aromatic N) is 3. The van der Waals surface area contributed by atoms with Crippen LogP contribution in [0.25, 0.3) is 11.3 Å². The van der Waals surface area contributed by atoms with Gasteiger partial charge in [0.1, 0.15) is 5.82 Å². The Hall–Kier alpha value is -3.74. The van der Waals surface area contributed by atoms with E-state index in [1.165, 1.54) is 0 Å². The van der Waals surface area contributed by atoms with Gasteiger partial charge in [-0.25, -0.2) is 4.98 Å². The molecule has 3 aromatic rings. The second-order valence-electron chi connectivity index (χ2n) is 8.29. The van der Waals surface area contributed by atoms with E-state index in [-0.39, 0.29) is 17.7 Å². The van der Waals surface area contributed by atoms with Crippen molar-refractivity contribution in [2.24, 2.45) is 5.92 Å². The fraction of sp³-hybridized carbons (Fsp3) is 0.308. The van der Waals surface area contributed by atoms with E-state index in [1.807, 2.05) is 65.6 Å². The molecule has 1 saturated heterocycles. The highest BCUT2D eigenvalue weighted by Crippen LogP contribution is 2.22. The van der Waals surface area contributed by atoms with Gasteiger partial charge in [0.15, 0.2) is 0 Å². The molecule has 0 bridgehead atoms. The van der Waals surface area contributed by atoms with Crippen molar-refractivity contribution in [3.63, 3.8) is 0 Å². The van der Waals surface area contributed by atoms with E-state index in [2.05, 4.69) is 15.6 Å². The van der Waals surface area contributed by atoms with Crippen LogP contribution in [-0.2, 0) is 11.2 Å². The monoisotopic (exact) mass is 443 g/mol. The van der Waals surface area contributed by atoms with E-state index in [0.29, 0.717) is 31.0 Å². The number of carbonyl (C=O) groups is 2. The maximum absolute atomic E-state index is 13.0. The van der Waals surface area contributed by atoms with Gasteiger partial charge in [-0.1, -0.05) is 36.4 Å². The van der Waals surface area contributed by atoms with E-state index < -0.39 is 0 Å². The van der Waals surface area contributed by atoms with Crippen LogP contribution in [0, 0.1) is 5.92 Å². The first kappa shape index (κ1) is 22.5. The molecule has 2 N–H and O–H groups in total. The molecule has 0 unspecified atom stereocenters. The second kappa shape index (κ2) is 10.7. The van der Waals surface area contributed by atoms with Gasteiger partial charge in [0.25, 0.3) is 5.91 Å². The molecule has 0 spiro atoms. The average Bonchev–Trinajstić information content (AvgIpc) is 3.33. The second-order valence-corrected chi connectivity index (χ2v) is 8.29. The maximum Gasteiger partial charge on any atom is 0.255 e. The highest BCUT2D eigenvalue weighted by Gasteiger charge is 2.25. The Morgan fingerprint density at radius 2 is 1.88 bits per heavy atom. The van der Waals surface area contributed by atoms with Gasteiger partial charge in [0.05, 0.1) is 11.3 Å². The summed E-state index contributed by atoms with van der Waals surface area (Å²) in [5.41, 5.74) is 3.29. The fourth-order valence-corrected chi connectivity index (χ4v) is 4.02. The van der Waals surface area contributed by atoms with Crippen molar-refractivity contribution in [1.82, 2.24) is 20.2 Å². The van der Waals surface area contributed by atoms with Crippen LogP contribution in [0.15, 0.2) is 66.9 Å². The van der Waals surface area contributed by atoms with Crippen molar-refractivity contribution < 1.29 is 9.59 Å². The largest absolute Gasteiger partial charge is 0.369 e. The molecule has 7 nitrogen and oxygen atoms in total. The van der Waals surface area contributed by atoms with Crippen molar-refractivity contribution in [2.45, 2.75) is 19.8 Å². The number of amides is 2. The molecule has 2 aromatic heterocycles.